The van der Waals surface area contributed by atoms with Crippen molar-refractivity contribution < 1.29 is 41.8 Å². The van der Waals surface area contributed by atoms with Gasteiger partial charge in [-0.2, -0.15) is 0 Å². The van der Waals surface area contributed by atoms with Crippen LogP contribution >= 0.6 is 0 Å². The highest BCUT2D eigenvalue weighted by atomic mass is 19.4. The fraction of sp³-hybridized carbons (Fsp3) is 0.516. The third kappa shape index (κ3) is 5.53. The summed E-state index contributed by atoms with van der Waals surface area (Å²) < 4.78 is 53.3. The first-order valence-electron chi connectivity index (χ1n) is 15.1. The minimum atomic E-state index is -4.80. The summed E-state index contributed by atoms with van der Waals surface area (Å²) in [5.74, 6) is -1.32. The number of fused-ring (bicyclic) bond motifs is 2. The summed E-state index contributed by atoms with van der Waals surface area (Å²) in [6, 6.07) is 12.1. The van der Waals surface area contributed by atoms with Gasteiger partial charge in [0.15, 0.2) is 0 Å². The van der Waals surface area contributed by atoms with E-state index < -0.39 is 35.3 Å². The lowest BCUT2D eigenvalue weighted by atomic mass is 9.77. The smallest absolute Gasteiger partial charge is 0.457 e. The molecule has 2 aromatic rings. The molecular weight excluding hydrogens is 595 g/mol. The highest BCUT2D eigenvalue weighted by molar-refractivity contribution is 6.22. The van der Waals surface area contributed by atoms with Crippen molar-refractivity contribution >= 4 is 17.8 Å². The summed E-state index contributed by atoms with van der Waals surface area (Å²) >= 11 is 0. The van der Waals surface area contributed by atoms with Crippen LogP contribution in [0.3, 0.4) is 0 Å². The third-order valence-electron chi connectivity index (χ3n) is 9.89. The number of amides is 4. The second kappa shape index (κ2) is 11.0. The van der Waals surface area contributed by atoms with Crippen molar-refractivity contribution in [2.24, 2.45) is 0 Å². The molecule has 14 heteroatoms. The van der Waals surface area contributed by atoms with Gasteiger partial charge >= 0.3 is 12.4 Å². The topological polar surface area (TPSA) is 121 Å². The number of rotatable bonds is 7. The maximum absolute atomic E-state index is 13.5. The van der Waals surface area contributed by atoms with Gasteiger partial charge in [-0.15, -0.1) is 13.2 Å². The Labute approximate surface area is 257 Å². The van der Waals surface area contributed by atoms with E-state index in [1.165, 1.54) is 25.0 Å². The van der Waals surface area contributed by atoms with Crippen LogP contribution in [-0.2, 0) is 19.9 Å². The van der Waals surface area contributed by atoms with E-state index in [4.69, 9.17) is 9.47 Å². The molecule has 5 fully saturated rings. The lowest BCUT2D eigenvalue weighted by molar-refractivity contribution is -0.274. The predicted molar refractivity (Wildman–Crippen MR) is 152 cm³/mol. The Morgan fingerprint density at radius 1 is 0.867 bits per heavy atom. The van der Waals surface area contributed by atoms with Crippen LogP contribution in [0.15, 0.2) is 48.5 Å². The molecule has 5 saturated heterocycles. The van der Waals surface area contributed by atoms with Crippen molar-refractivity contribution in [2.45, 2.75) is 73.8 Å². The van der Waals surface area contributed by atoms with Crippen LogP contribution in [0.25, 0.3) is 0 Å². The molecule has 11 nitrogen and oxygen atoms in total. The maximum Gasteiger partial charge on any atom is 0.573 e. The molecule has 3 unspecified atom stereocenters. The van der Waals surface area contributed by atoms with Crippen molar-refractivity contribution in [2.75, 3.05) is 26.7 Å². The highest BCUT2D eigenvalue weighted by Gasteiger charge is 2.64. The minimum absolute atomic E-state index is 0.178. The first kappa shape index (κ1) is 30.0. The van der Waals surface area contributed by atoms with E-state index in [1.807, 2.05) is 0 Å². The highest BCUT2D eigenvalue weighted by Crippen LogP contribution is 2.45. The van der Waals surface area contributed by atoms with Crippen LogP contribution in [0.2, 0.25) is 0 Å². The first-order valence-corrected chi connectivity index (χ1v) is 15.1. The van der Waals surface area contributed by atoms with Crippen LogP contribution in [0.5, 0.6) is 17.2 Å². The monoisotopic (exact) mass is 629 g/mol. The Morgan fingerprint density at radius 3 is 2.00 bits per heavy atom. The number of nitrogens with zero attached hydrogens (tertiary/aromatic N) is 2. The number of carbonyl (C=O) groups excluding carboxylic acids is 3. The molecule has 0 saturated carbocycles. The van der Waals surface area contributed by atoms with Crippen LogP contribution in [0, 0.1) is 0 Å². The summed E-state index contributed by atoms with van der Waals surface area (Å²) in [4.78, 5) is 43.2. The Kier molecular flexibility index (Phi) is 7.30. The second-order valence-electron chi connectivity index (χ2n) is 12.7. The largest absolute Gasteiger partial charge is 0.573 e. The van der Waals surface area contributed by atoms with E-state index in [2.05, 4.69) is 32.6 Å². The zero-order valence-corrected chi connectivity index (χ0v) is 24.6. The van der Waals surface area contributed by atoms with Gasteiger partial charge < -0.3 is 24.4 Å². The minimum Gasteiger partial charge on any atom is -0.457 e. The van der Waals surface area contributed by atoms with Gasteiger partial charge in [0.25, 0.3) is 11.8 Å². The normalized spacial score (nSPS) is 29.3. The van der Waals surface area contributed by atoms with Crippen molar-refractivity contribution in [3.8, 4) is 17.2 Å². The molecule has 5 heterocycles. The SMILES string of the molecule is CN1C2CCC1CC(NC1COC3(C1)CN(C1(c4ccc(Oc5ccc(OC(F)(F)F)cc5)cc4)C(=O)NC(=O)NC1=O)C3)C2. The Balaban J connectivity index is 1.04. The number of benzene rings is 2. The molecule has 5 aliphatic rings. The van der Waals surface area contributed by atoms with E-state index in [0.717, 1.165) is 31.4 Å². The molecule has 45 heavy (non-hydrogen) atoms. The number of piperidine rings is 1. The van der Waals surface area contributed by atoms with Gasteiger partial charge in [0.1, 0.15) is 17.2 Å². The number of nitrogens with one attached hydrogen (secondary N) is 3. The van der Waals surface area contributed by atoms with Gasteiger partial charge in [0.2, 0.25) is 5.54 Å². The predicted octanol–water partition coefficient (Wildman–Crippen LogP) is 3.00. The Hall–Kier alpha value is -3.72. The third-order valence-corrected chi connectivity index (χ3v) is 9.89. The number of alkyl halides is 3. The van der Waals surface area contributed by atoms with Gasteiger partial charge in [-0.1, -0.05) is 12.1 Å². The summed E-state index contributed by atoms with van der Waals surface area (Å²) in [6.45, 7) is 1.20. The number of urea groups is 1. The van der Waals surface area contributed by atoms with Crippen molar-refractivity contribution in [3.05, 3.63) is 54.1 Å². The van der Waals surface area contributed by atoms with Gasteiger partial charge in [-0.05, 0) is 81.1 Å². The van der Waals surface area contributed by atoms with Crippen LogP contribution in [-0.4, -0.2) is 90.5 Å². The van der Waals surface area contributed by atoms with Gasteiger partial charge in [-0.3, -0.25) is 25.1 Å². The lowest BCUT2D eigenvalue weighted by Gasteiger charge is -2.55. The van der Waals surface area contributed by atoms with Crippen LogP contribution in [0.1, 0.15) is 37.7 Å². The summed E-state index contributed by atoms with van der Waals surface area (Å²) in [7, 11) is 2.22. The molecule has 0 radical (unpaired) electrons. The van der Waals surface area contributed by atoms with E-state index in [-0.39, 0.29) is 17.5 Å². The number of barbiturate groups is 1. The van der Waals surface area contributed by atoms with Gasteiger partial charge in [-0.25, -0.2) is 4.79 Å². The number of hydrogen-bond donors (Lipinski definition) is 3. The van der Waals surface area contributed by atoms with Crippen molar-refractivity contribution in [1.82, 2.24) is 25.8 Å². The molecule has 4 amide bonds. The number of hydrogen-bond acceptors (Lipinski definition) is 9. The summed E-state index contributed by atoms with van der Waals surface area (Å²) in [5.41, 5.74) is -1.99. The Bertz CT molecular complexity index is 1450. The average Bonchev–Trinajstić information content (AvgIpc) is 3.45. The fourth-order valence-corrected chi connectivity index (χ4v) is 7.80. The summed E-state index contributed by atoms with van der Waals surface area (Å²) in [6.07, 6.45) is 0.684. The maximum atomic E-state index is 13.5. The molecule has 2 aromatic carbocycles. The number of likely N-dealkylation sites (tertiary alicyclic amines) is 1. The summed E-state index contributed by atoms with van der Waals surface area (Å²) in [5, 5.41) is 8.32. The molecule has 5 aliphatic heterocycles. The molecular formula is C31H34F3N5O6. The van der Waals surface area contributed by atoms with Crippen LogP contribution < -0.4 is 25.4 Å². The van der Waals surface area contributed by atoms with Crippen LogP contribution in [0.4, 0.5) is 18.0 Å². The molecule has 3 atom stereocenters. The van der Waals surface area contributed by atoms with E-state index in [1.54, 1.807) is 29.2 Å². The van der Waals surface area contributed by atoms with Gasteiger partial charge in [0.05, 0.1) is 12.2 Å². The van der Waals surface area contributed by atoms with E-state index >= 15 is 0 Å². The zero-order chi connectivity index (χ0) is 31.6. The fourth-order valence-electron chi connectivity index (χ4n) is 7.80. The Morgan fingerprint density at radius 2 is 1.42 bits per heavy atom. The van der Waals surface area contributed by atoms with Crippen molar-refractivity contribution in [1.29, 1.82) is 0 Å². The number of ether oxygens (including phenoxy) is 3. The molecule has 7 rings (SSSR count). The lowest BCUT2D eigenvalue weighted by Crippen LogP contribution is -2.78. The second-order valence-corrected chi connectivity index (χ2v) is 12.7. The van der Waals surface area contributed by atoms with E-state index in [9.17, 15) is 27.6 Å². The molecule has 1 spiro atoms. The standard InChI is InChI=1S/C31H34F3N5O6/c1-38-21-4-5-22(38)13-19(12-21)35-20-14-29(43-15-20)16-39(17-29)30(26(40)36-28(42)37-27(30)41)18-2-6-23(7-3-18)44-24-8-10-25(11-9-24)45-31(32,33)34/h2-3,6-11,19-22,35H,4-5,12-17H2,1H3,(H2,36,37,40,41,42). The zero-order valence-electron chi connectivity index (χ0n) is 24.6. The molecule has 3 N–H and O–H groups in total. The number of carbonyl (C=O) groups is 3. The molecule has 0 aromatic heterocycles. The number of imide groups is 2. The molecule has 240 valence electrons. The average molecular weight is 630 g/mol. The molecule has 2 bridgehead atoms. The first-order chi connectivity index (χ1) is 21.4. The van der Waals surface area contributed by atoms with Crippen molar-refractivity contribution in [3.63, 3.8) is 0 Å². The molecule has 0 aliphatic carbocycles. The van der Waals surface area contributed by atoms with Gasteiger partial charge in [0, 0.05) is 37.3 Å². The van der Waals surface area contributed by atoms with E-state index in [0.29, 0.717) is 49.1 Å². The number of halogens is 3. The quantitative estimate of drug-likeness (QED) is 0.397.